The van der Waals surface area contributed by atoms with Crippen molar-refractivity contribution >= 4 is 41.0 Å². The number of benzene rings is 2. The number of carbonyl (C=O) groups is 2. The van der Waals surface area contributed by atoms with Crippen molar-refractivity contribution < 1.29 is 14.3 Å². The van der Waals surface area contributed by atoms with E-state index in [0.717, 1.165) is 16.8 Å². The van der Waals surface area contributed by atoms with E-state index in [9.17, 15) is 9.59 Å². The third-order valence-electron chi connectivity index (χ3n) is 4.87. The van der Waals surface area contributed by atoms with Crippen molar-refractivity contribution in [3.8, 4) is 22.8 Å². The number of esters is 1. The lowest BCUT2D eigenvalue weighted by Crippen LogP contribution is -2.21. The van der Waals surface area contributed by atoms with Crippen LogP contribution < -0.4 is 10.2 Å². The molecular weight excluding hydrogens is 500 g/mol. The molecule has 0 aliphatic heterocycles. The number of pyridine rings is 1. The van der Waals surface area contributed by atoms with Crippen molar-refractivity contribution in [3.63, 3.8) is 0 Å². The number of amides is 1. The van der Waals surface area contributed by atoms with E-state index in [1.54, 1.807) is 55.7 Å². The summed E-state index contributed by atoms with van der Waals surface area (Å²) in [5, 5.41) is 14.0. The third-order valence-corrected chi connectivity index (χ3v) is 6.05. The van der Waals surface area contributed by atoms with E-state index < -0.39 is 5.97 Å². The van der Waals surface area contributed by atoms with Gasteiger partial charge in [-0.1, -0.05) is 23.4 Å². The standard InChI is InChI=1S/C25H21ClN6O3S/c1-16(18-3-9-22(10-4-18)35-17(2)33)28-29-23(34)15-36-25-31-30-24(19-11-13-27-14-12-19)32(25)21-7-5-20(26)6-8-21/h3-14H,15H2,1-2H3,(H,29,34). The predicted molar refractivity (Wildman–Crippen MR) is 138 cm³/mol. The largest absolute Gasteiger partial charge is 0.427 e. The molecule has 0 atom stereocenters. The lowest BCUT2D eigenvalue weighted by Gasteiger charge is -2.10. The quantitative estimate of drug-likeness (QED) is 0.119. The third kappa shape index (κ3) is 6.35. The van der Waals surface area contributed by atoms with E-state index in [-0.39, 0.29) is 11.7 Å². The van der Waals surface area contributed by atoms with Crippen LogP contribution in [0.25, 0.3) is 17.1 Å². The maximum absolute atomic E-state index is 12.5. The molecule has 0 unspecified atom stereocenters. The molecule has 4 rings (SSSR count). The molecule has 2 aromatic heterocycles. The van der Waals surface area contributed by atoms with Crippen LogP contribution in [0.3, 0.4) is 0 Å². The topological polar surface area (TPSA) is 111 Å². The molecular formula is C25H21ClN6O3S. The molecule has 2 aromatic carbocycles. The van der Waals surface area contributed by atoms with E-state index in [2.05, 4.69) is 25.7 Å². The normalized spacial score (nSPS) is 11.2. The minimum atomic E-state index is -0.391. The van der Waals surface area contributed by atoms with Crippen molar-refractivity contribution in [1.29, 1.82) is 0 Å². The highest BCUT2D eigenvalue weighted by molar-refractivity contribution is 7.99. The van der Waals surface area contributed by atoms with Crippen LogP contribution >= 0.6 is 23.4 Å². The highest BCUT2D eigenvalue weighted by atomic mass is 35.5. The molecule has 2 heterocycles. The van der Waals surface area contributed by atoms with Crippen LogP contribution in [0.15, 0.2) is 83.3 Å². The number of ether oxygens (including phenoxy) is 1. The average molecular weight is 521 g/mol. The molecule has 0 spiro atoms. The van der Waals surface area contributed by atoms with Gasteiger partial charge in [-0.05, 0) is 73.2 Å². The molecule has 0 radical (unpaired) electrons. The van der Waals surface area contributed by atoms with E-state index in [1.807, 2.05) is 28.8 Å². The van der Waals surface area contributed by atoms with Crippen molar-refractivity contribution in [3.05, 3.63) is 83.6 Å². The number of halogens is 1. The minimum absolute atomic E-state index is 0.0736. The Kier molecular flexibility index (Phi) is 8.09. The lowest BCUT2D eigenvalue weighted by atomic mass is 10.1. The zero-order chi connectivity index (χ0) is 25.5. The zero-order valence-corrected chi connectivity index (χ0v) is 21.0. The summed E-state index contributed by atoms with van der Waals surface area (Å²) in [4.78, 5) is 27.6. The average Bonchev–Trinajstić information content (AvgIpc) is 3.31. The number of hydrogen-bond acceptors (Lipinski definition) is 8. The number of hydrogen-bond donors (Lipinski definition) is 1. The summed E-state index contributed by atoms with van der Waals surface area (Å²) in [6, 6.07) is 17.8. The number of nitrogens with zero attached hydrogens (tertiary/aromatic N) is 5. The molecule has 0 aliphatic carbocycles. The SMILES string of the molecule is CC(=O)Oc1ccc(C(C)=NNC(=O)CSc2nnc(-c3ccncc3)n2-c2ccc(Cl)cc2)cc1. The fourth-order valence-corrected chi connectivity index (χ4v) is 4.05. The highest BCUT2D eigenvalue weighted by Crippen LogP contribution is 2.28. The number of aromatic nitrogens is 4. The van der Waals surface area contributed by atoms with Crippen molar-refractivity contribution in [2.45, 2.75) is 19.0 Å². The Morgan fingerprint density at radius 1 is 1.00 bits per heavy atom. The summed E-state index contributed by atoms with van der Waals surface area (Å²) in [6.45, 7) is 3.11. The van der Waals surface area contributed by atoms with Gasteiger partial charge < -0.3 is 4.74 Å². The van der Waals surface area contributed by atoms with Crippen molar-refractivity contribution in [1.82, 2.24) is 25.2 Å². The molecule has 11 heteroatoms. The van der Waals surface area contributed by atoms with Gasteiger partial charge in [0.05, 0.1) is 11.5 Å². The first kappa shape index (κ1) is 25.1. The molecule has 0 saturated heterocycles. The van der Waals surface area contributed by atoms with Crippen LogP contribution in [0.5, 0.6) is 5.75 Å². The number of rotatable bonds is 8. The fraction of sp³-hybridized carbons (Fsp3) is 0.120. The van der Waals surface area contributed by atoms with E-state index in [0.29, 0.717) is 27.5 Å². The van der Waals surface area contributed by atoms with Gasteiger partial charge in [0.25, 0.3) is 5.91 Å². The molecule has 4 aromatic rings. The monoisotopic (exact) mass is 520 g/mol. The highest BCUT2D eigenvalue weighted by Gasteiger charge is 2.17. The Bertz CT molecular complexity index is 1390. The maximum Gasteiger partial charge on any atom is 0.308 e. The molecule has 9 nitrogen and oxygen atoms in total. The minimum Gasteiger partial charge on any atom is -0.427 e. The predicted octanol–water partition coefficient (Wildman–Crippen LogP) is 4.54. The van der Waals surface area contributed by atoms with E-state index in [1.165, 1.54) is 18.7 Å². The smallest absolute Gasteiger partial charge is 0.308 e. The molecule has 0 fully saturated rings. The first-order valence-electron chi connectivity index (χ1n) is 10.8. The van der Waals surface area contributed by atoms with Crippen LogP contribution in [0.1, 0.15) is 19.4 Å². The van der Waals surface area contributed by atoms with Crippen LogP contribution in [0, 0.1) is 0 Å². The van der Waals surface area contributed by atoms with E-state index in [4.69, 9.17) is 16.3 Å². The van der Waals surface area contributed by atoms with Gasteiger partial charge in [0.1, 0.15) is 5.75 Å². The Hall–Kier alpha value is -4.02. The Morgan fingerprint density at radius 2 is 1.69 bits per heavy atom. The van der Waals surface area contributed by atoms with Gasteiger partial charge in [-0.2, -0.15) is 5.10 Å². The molecule has 182 valence electrons. The molecule has 36 heavy (non-hydrogen) atoms. The molecule has 1 N–H and O–H groups in total. The van der Waals surface area contributed by atoms with Crippen molar-refractivity contribution in [2.24, 2.45) is 5.10 Å². The summed E-state index contributed by atoms with van der Waals surface area (Å²) >= 11 is 7.30. The maximum atomic E-state index is 12.5. The van der Waals surface area contributed by atoms with Crippen LogP contribution in [0.2, 0.25) is 5.02 Å². The number of nitrogens with one attached hydrogen (secondary N) is 1. The lowest BCUT2D eigenvalue weighted by molar-refractivity contribution is -0.131. The molecule has 1 amide bonds. The summed E-state index contributed by atoms with van der Waals surface area (Å²) in [6.07, 6.45) is 3.36. The summed E-state index contributed by atoms with van der Waals surface area (Å²) in [5.74, 6) is 0.443. The van der Waals surface area contributed by atoms with Gasteiger partial charge >= 0.3 is 5.97 Å². The van der Waals surface area contributed by atoms with Crippen LogP contribution in [0.4, 0.5) is 0 Å². The summed E-state index contributed by atoms with van der Waals surface area (Å²) < 4.78 is 6.89. The summed E-state index contributed by atoms with van der Waals surface area (Å²) in [7, 11) is 0. The molecule has 0 saturated carbocycles. The van der Waals surface area contributed by atoms with Gasteiger partial charge in [0, 0.05) is 35.6 Å². The molecule has 0 aliphatic rings. The van der Waals surface area contributed by atoms with Gasteiger partial charge in [0.2, 0.25) is 0 Å². The first-order valence-corrected chi connectivity index (χ1v) is 12.1. The van der Waals surface area contributed by atoms with Crippen LogP contribution in [-0.2, 0) is 9.59 Å². The second-order valence-corrected chi connectivity index (χ2v) is 8.87. The van der Waals surface area contributed by atoms with Gasteiger partial charge in [0.15, 0.2) is 11.0 Å². The number of carbonyl (C=O) groups excluding carboxylic acids is 2. The van der Waals surface area contributed by atoms with Crippen LogP contribution in [-0.4, -0.2) is 43.1 Å². The van der Waals surface area contributed by atoms with Gasteiger partial charge in [-0.25, -0.2) is 5.43 Å². The van der Waals surface area contributed by atoms with Gasteiger partial charge in [-0.3, -0.25) is 19.1 Å². The second-order valence-electron chi connectivity index (χ2n) is 7.49. The zero-order valence-electron chi connectivity index (χ0n) is 19.4. The Balaban J connectivity index is 1.46. The van der Waals surface area contributed by atoms with E-state index >= 15 is 0 Å². The fourth-order valence-electron chi connectivity index (χ4n) is 3.18. The first-order chi connectivity index (χ1) is 17.4. The Morgan fingerprint density at radius 3 is 2.36 bits per heavy atom. The van der Waals surface area contributed by atoms with Gasteiger partial charge in [-0.15, -0.1) is 10.2 Å². The van der Waals surface area contributed by atoms with Crippen molar-refractivity contribution in [2.75, 3.05) is 5.75 Å². The number of hydrazone groups is 1. The summed E-state index contributed by atoms with van der Waals surface area (Å²) in [5.41, 5.74) is 5.59. The number of thioether (sulfide) groups is 1. The molecule has 0 bridgehead atoms. The second kappa shape index (κ2) is 11.6. The Labute approximate surface area is 216 Å².